The van der Waals surface area contributed by atoms with Gasteiger partial charge in [0.05, 0.1) is 5.41 Å². The van der Waals surface area contributed by atoms with Gasteiger partial charge in [0.15, 0.2) is 0 Å². The van der Waals surface area contributed by atoms with Crippen molar-refractivity contribution in [1.82, 2.24) is 20.2 Å². The van der Waals surface area contributed by atoms with Gasteiger partial charge in [0.1, 0.15) is 5.82 Å². The Morgan fingerprint density at radius 3 is 2.63 bits per heavy atom. The van der Waals surface area contributed by atoms with Crippen LogP contribution in [-0.4, -0.2) is 47.0 Å². The van der Waals surface area contributed by atoms with Crippen molar-refractivity contribution in [2.24, 2.45) is 5.41 Å². The van der Waals surface area contributed by atoms with Crippen LogP contribution in [0.4, 0.5) is 10.3 Å². The number of hydrogen-bond acceptors (Lipinski definition) is 5. The molecule has 2 aliphatic heterocycles. The van der Waals surface area contributed by atoms with Gasteiger partial charge in [-0.1, -0.05) is 18.2 Å². The standard InChI is InChI=1S/C20H24FN5O/c21-16-4-2-1-3-15(16)11-20(12-23-13-20)18(27)26-9-6-14(7-10-26)17-5-8-24-19(22)25-17/h1-5,8,14,23H,6-7,9-13H2,(H2,22,24,25). The van der Waals surface area contributed by atoms with Crippen molar-refractivity contribution < 1.29 is 9.18 Å². The van der Waals surface area contributed by atoms with E-state index >= 15 is 0 Å². The number of halogens is 1. The fourth-order valence-electron chi connectivity index (χ4n) is 4.11. The van der Waals surface area contributed by atoms with Crippen LogP contribution in [0.2, 0.25) is 0 Å². The lowest BCUT2D eigenvalue weighted by Crippen LogP contribution is -2.63. The maximum Gasteiger partial charge on any atom is 0.231 e. The van der Waals surface area contributed by atoms with Crippen LogP contribution in [0.3, 0.4) is 0 Å². The van der Waals surface area contributed by atoms with E-state index in [0.29, 0.717) is 44.1 Å². The monoisotopic (exact) mass is 369 g/mol. The van der Waals surface area contributed by atoms with Gasteiger partial charge in [-0.3, -0.25) is 4.79 Å². The third kappa shape index (κ3) is 3.51. The van der Waals surface area contributed by atoms with Crippen LogP contribution in [0.25, 0.3) is 0 Å². The Kier molecular flexibility index (Phi) is 4.78. The Labute approximate surface area is 158 Å². The highest BCUT2D eigenvalue weighted by molar-refractivity contribution is 5.85. The molecule has 0 unspecified atom stereocenters. The van der Waals surface area contributed by atoms with Crippen LogP contribution in [0, 0.1) is 11.2 Å². The number of amides is 1. The van der Waals surface area contributed by atoms with Gasteiger partial charge in [-0.05, 0) is 37.0 Å². The second kappa shape index (κ2) is 7.23. The average Bonchev–Trinajstić information content (AvgIpc) is 2.66. The number of nitrogens with two attached hydrogens (primary N) is 1. The van der Waals surface area contributed by atoms with E-state index in [9.17, 15) is 9.18 Å². The smallest absolute Gasteiger partial charge is 0.231 e. The lowest BCUT2D eigenvalue weighted by molar-refractivity contribution is -0.146. The van der Waals surface area contributed by atoms with Crippen LogP contribution >= 0.6 is 0 Å². The highest BCUT2D eigenvalue weighted by atomic mass is 19.1. The quantitative estimate of drug-likeness (QED) is 0.858. The summed E-state index contributed by atoms with van der Waals surface area (Å²) >= 11 is 0. The minimum absolute atomic E-state index is 0.130. The van der Waals surface area contributed by atoms with Crippen molar-refractivity contribution in [3.05, 3.63) is 53.6 Å². The topological polar surface area (TPSA) is 84.1 Å². The summed E-state index contributed by atoms with van der Waals surface area (Å²) in [6.07, 6.45) is 3.82. The van der Waals surface area contributed by atoms with Crippen molar-refractivity contribution in [2.75, 3.05) is 31.9 Å². The molecule has 3 heterocycles. The van der Waals surface area contributed by atoms with Gasteiger partial charge in [-0.15, -0.1) is 0 Å². The fourth-order valence-corrected chi connectivity index (χ4v) is 4.11. The first-order chi connectivity index (χ1) is 13.1. The number of anilines is 1. The number of carbonyl (C=O) groups excluding carboxylic acids is 1. The maximum absolute atomic E-state index is 14.1. The summed E-state index contributed by atoms with van der Waals surface area (Å²) < 4.78 is 14.1. The van der Waals surface area contributed by atoms with Crippen LogP contribution in [-0.2, 0) is 11.2 Å². The predicted molar refractivity (Wildman–Crippen MR) is 100 cm³/mol. The fraction of sp³-hybridized carbons (Fsp3) is 0.450. The summed E-state index contributed by atoms with van der Waals surface area (Å²) in [6, 6.07) is 8.62. The van der Waals surface area contributed by atoms with E-state index in [0.717, 1.165) is 18.5 Å². The molecule has 2 aliphatic rings. The van der Waals surface area contributed by atoms with Gasteiger partial charge in [0.2, 0.25) is 11.9 Å². The molecular weight excluding hydrogens is 345 g/mol. The van der Waals surface area contributed by atoms with Gasteiger partial charge in [0, 0.05) is 44.0 Å². The predicted octanol–water partition coefficient (Wildman–Crippen LogP) is 1.74. The maximum atomic E-state index is 14.1. The molecule has 3 N–H and O–H groups in total. The molecule has 1 aromatic heterocycles. The van der Waals surface area contributed by atoms with Gasteiger partial charge in [-0.2, -0.15) is 0 Å². The SMILES string of the molecule is Nc1nccc(C2CCN(C(=O)C3(Cc4ccccc4F)CNC3)CC2)n1. The van der Waals surface area contributed by atoms with Gasteiger partial charge < -0.3 is 16.0 Å². The lowest BCUT2D eigenvalue weighted by atomic mass is 9.74. The molecule has 6 nitrogen and oxygen atoms in total. The number of aromatic nitrogens is 2. The molecule has 1 amide bonds. The molecule has 2 aromatic rings. The van der Waals surface area contributed by atoms with Crippen molar-refractivity contribution in [3.63, 3.8) is 0 Å². The van der Waals surface area contributed by atoms with Gasteiger partial charge >= 0.3 is 0 Å². The van der Waals surface area contributed by atoms with E-state index in [2.05, 4.69) is 15.3 Å². The second-order valence-corrected chi connectivity index (χ2v) is 7.56. The number of nitrogens with one attached hydrogen (secondary N) is 1. The molecule has 2 saturated heterocycles. The third-order valence-electron chi connectivity index (χ3n) is 5.76. The first-order valence-electron chi connectivity index (χ1n) is 9.39. The van der Waals surface area contributed by atoms with E-state index in [1.165, 1.54) is 6.07 Å². The minimum atomic E-state index is -0.533. The second-order valence-electron chi connectivity index (χ2n) is 7.56. The number of likely N-dealkylation sites (tertiary alicyclic amines) is 1. The summed E-state index contributed by atoms with van der Waals surface area (Å²) in [5.41, 5.74) is 6.71. The third-order valence-corrected chi connectivity index (χ3v) is 5.76. The normalized spacial score (nSPS) is 19.5. The number of carbonyl (C=O) groups is 1. The Bertz CT molecular complexity index is 831. The molecular formula is C20H24FN5O. The molecule has 0 atom stereocenters. The molecule has 27 heavy (non-hydrogen) atoms. The molecule has 0 aliphatic carbocycles. The van der Waals surface area contributed by atoms with Crippen molar-refractivity contribution in [3.8, 4) is 0 Å². The largest absolute Gasteiger partial charge is 0.368 e. The number of piperidine rings is 1. The number of hydrogen-bond donors (Lipinski definition) is 2. The van der Waals surface area contributed by atoms with Gasteiger partial charge in [0.25, 0.3) is 0 Å². The molecule has 0 radical (unpaired) electrons. The van der Waals surface area contributed by atoms with Crippen LogP contribution in [0.15, 0.2) is 36.5 Å². The van der Waals surface area contributed by atoms with Crippen LogP contribution < -0.4 is 11.1 Å². The van der Waals surface area contributed by atoms with Crippen molar-refractivity contribution in [1.29, 1.82) is 0 Å². The summed E-state index contributed by atoms with van der Waals surface area (Å²) in [4.78, 5) is 23.4. The number of rotatable bonds is 4. The Morgan fingerprint density at radius 1 is 1.26 bits per heavy atom. The van der Waals surface area contributed by atoms with Gasteiger partial charge in [-0.25, -0.2) is 14.4 Å². The zero-order chi connectivity index (χ0) is 18.9. The zero-order valence-electron chi connectivity index (χ0n) is 15.2. The average molecular weight is 369 g/mol. The molecule has 0 spiro atoms. The first kappa shape index (κ1) is 17.9. The van der Waals surface area contributed by atoms with E-state index < -0.39 is 5.41 Å². The molecule has 0 bridgehead atoms. The summed E-state index contributed by atoms with van der Waals surface area (Å²) in [5, 5.41) is 3.20. The van der Waals surface area contributed by atoms with Crippen LogP contribution in [0.1, 0.15) is 30.0 Å². The number of nitrogens with zero attached hydrogens (tertiary/aromatic N) is 3. The van der Waals surface area contributed by atoms with Crippen LogP contribution in [0.5, 0.6) is 0 Å². The Morgan fingerprint density at radius 2 is 2.00 bits per heavy atom. The summed E-state index contributed by atoms with van der Waals surface area (Å²) in [6.45, 7) is 2.57. The molecule has 7 heteroatoms. The van der Waals surface area contributed by atoms with E-state index in [4.69, 9.17) is 5.73 Å². The molecule has 4 rings (SSSR count). The summed E-state index contributed by atoms with van der Waals surface area (Å²) in [5.74, 6) is 0.471. The summed E-state index contributed by atoms with van der Waals surface area (Å²) in [7, 11) is 0. The van der Waals surface area contributed by atoms with E-state index in [-0.39, 0.29) is 17.7 Å². The molecule has 2 fully saturated rings. The Hall–Kier alpha value is -2.54. The number of benzene rings is 1. The highest BCUT2D eigenvalue weighted by Gasteiger charge is 2.47. The first-order valence-corrected chi connectivity index (χ1v) is 9.39. The Balaban J connectivity index is 1.43. The van der Waals surface area contributed by atoms with Crippen molar-refractivity contribution >= 4 is 11.9 Å². The number of nitrogen functional groups attached to an aromatic ring is 1. The van der Waals surface area contributed by atoms with E-state index in [1.54, 1.807) is 18.3 Å². The minimum Gasteiger partial charge on any atom is -0.368 e. The van der Waals surface area contributed by atoms with E-state index in [1.807, 2.05) is 17.0 Å². The van der Waals surface area contributed by atoms with Crippen molar-refractivity contribution in [2.45, 2.75) is 25.2 Å². The lowest BCUT2D eigenvalue weighted by Gasteiger charge is -2.46. The highest BCUT2D eigenvalue weighted by Crippen LogP contribution is 2.34. The molecule has 142 valence electrons. The molecule has 0 saturated carbocycles. The zero-order valence-corrected chi connectivity index (χ0v) is 15.2. The molecule has 1 aromatic carbocycles.